The molecule has 4 nitrogen and oxygen atoms in total. The van der Waals surface area contributed by atoms with Crippen LogP contribution in [0, 0.1) is 5.92 Å². The molecule has 1 aromatic rings. The molecule has 2 saturated heterocycles. The molecule has 2 fully saturated rings. The first-order valence-electron chi connectivity index (χ1n) is 7.73. The first-order chi connectivity index (χ1) is 10.7. The van der Waals surface area contributed by atoms with Gasteiger partial charge in [-0.05, 0) is 25.7 Å². The second-order valence-corrected chi connectivity index (χ2v) is 8.06. The van der Waals surface area contributed by atoms with Crippen molar-refractivity contribution < 1.29 is 18.5 Å². The molecule has 2 aliphatic heterocycles. The molecule has 0 aromatic heterocycles. The summed E-state index contributed by atoms with van der Waals surface area (Å²) in [5.74, 6) is 0.119. The van der Waals surface area contributed by atoms with Crippen molar-refractivity contribution in [1.29, 1.82) is 0 Å². The first kappa shape index (κ1) is 15.8. The van der Waals surface area contributed by atoms with E-state index in [1.165, 1.54) is 0 Å². The highest BCUT2D eigenvalue weighted by Gasteiger charge is 2.43. The van der Waals surface area contributed by atoms with E-state index < -0.39 is 17.1 Å². The molecule has 0 spiro atoms. The van der Waals surface area contributed by atoms with Gasteiger partial charge in [-0.25, -0.2) is 0 Å². The zero-order valence-electron chi connectivity index (χ0n) is 13.0. The van der Waals surface area contributed by atoms with Crippen molar-refractivity contribution in [1.82, 2.24) is 0 Å². The number of hydrogen-bond donors (Lipinski definition) is 0. The molecule has 5 heteroatoms. The molecule has 2 aliphatic rings. The fourth-order valence-corrected chi connectivity index (χ4v) is 5.87. The van der Waals surface area contributed by atoms with E-state index in [4.69, 9.17) is 9.47 Å². The summed E-state index contributed by atoms with van der Waals surface area (Å²) in [5, 5.41) is 0.418. The lowest BCUT2D eigenvalue weighted by Gasteiger charge is -2.27. The molecule has 120 valence electrons. The van der Waals surface area contributed by atoms with Gasteiger partial charge < -0.3 is 9.47 Å². The Bertz CT molecular complexity index is 566. The van der Waals surface area contributed by atoms with Gasteiger partial charge in [0.15, 0.2) is 12.1 Å². The summed E-state index contributed by atoms with van der Waals surface area (Å²) in [4.78, 5) is 13.0. The van der Waals surface area contributed by atoms with E-state index in [-0.39, 0.29) is 22.2 Å². The number of rotatable bonds is 5. The van der Waals surface area contributed by atoms with Gasteiger partial charge >= 0.3 is 0 Å². The van der Waals surface area contributed by atoms with Crippen molar-refractivity contribution in [2.24, 2.45) is 5.92 Å². The minimum absolute atomic E-state index is 0.0225. The lowest BCUT2D eigenvalue weighted by Crippen LogP contribution is -2.32. The van der Waals surface area contributed by atoms with E-state index in [1.54, 1.807) is 14.2 Å². The molecule has 0 aliphatic carbocycles. The number of Topliss-reactive ketones (excluding diaryl/α,β-unsaturated/α-hetero) is 1. The summed E-state index contributed by atoms with van der Waals surface area (Å²) in [5.41, 5.74) is 1.45. The summed E-state index contributed by atoms with van der Waals surface area (Å²) in [6.07, 6.45) is 2.97. The third kappa shape index (κ3) is 2.77. The van der Waals surface area contributed by atoms with Crippen LogP contribution in [-0.2, 0) is 20.3 Å². The van der Waals surface area contributed by atoms with Crippen LogP contribution in [0.2, 0.25) is 0 Å². The molecular formula is C17H22O4S. The molecular weight excluding hydrogens is 300 g/mol. The Hall–Kier alpha value is -1.04. The minimum atomic E-state index is -0.731. The number of methoxy groups -OCH3 is 2. The number of carbonyl (C=O) groups excluding carboxylic acids is 1. The highest BCUT2D eigenvalue weighted by molar-refractivity contribution is 7.86. The first-order valence-corrected chi connectivity index (χ1v) is 9.01. The number of carbonyl (C=O) groups is 1. The topological polar surface area (TPSA) is 52.6 Å². The highest BCUT2D eigenvalue weighted by atomic mass is 32.2. The zero-order chi connectivity index (χ0) is 15.7. The van der Waals surface area contributed by atoms with Crippen LogP contribution in [0.1, 0.15) is 47.9 Å². The number of ketones is 1. The Morgan fingerprint density at radius 1 is 1.14 bits per heavy atom. The maximum atomic E-state index is 13.0. The molecule has 22 heavy (non-hydrogen) atoms. The number of fused-ring (bicyclic) bond motifs is 2. The Morgan fingerprint density at radius 2 is 1.73 bits per heavy atom. The van der Waals surface area contributed by atoms with Crippen molar-refractivity contribution in [2.75, 3.05) is 14.2 Å². The van der Waals surface area contributed by atoms with Gasteiger partial charge in [0.2, 0.25) is 0 Å². The third-order valence-corrected chi connectivity index (χ3v) is 7.01. The average molecular weight is 322 g/mol. The van der Waals surface area contributed by atoms with Crippen molar-refractivity contribution in [3.63, 3.8) is 0 Å². The molecule has 2 bridgehead atoms. The van der Waals surface area contributed by atoms with Gasteiger partial charge in [0.25, 0.3) is 0 Å². The van der Waals surface area contributed by atoms with E-state index >= 15 is 0 Å². The fraction of sp³-hybridized carbons (Fsp3) is 0.588. The molecule has 3 rings (SSSR count). The maximum absolute atomic E-state index is 13.0. The second kappa shape index (κ2) is 6.60. The molecule has 2 atom stereocenters. The molecule has 0 radical (unpaired) electrons. The lowest BCUT2D eigenvalue weighted by atomic mass is 9.88. The van der Waals surface area contributed by atoms with E-state index in [2.05, 4.69) is 0 Å². The molecule has 0 amide bonds. The fourth-order valence-electron chi connectivity index (χ4n) is 3.74. The normalized spacial score (nSPS) is 30.7. The van der Waals surface area contributed by atoms with Crippen molar-refractivity contribution in [3.05, 3.63) is 35.4 Å². The quantitative estimate of drug-likeness (QED) is 0.618. The van der Waals surface area contributed by atoms with Gasteiger partial charge in [0.1, 0.15) is 0 Å². The van der Waals surface area contributed by atoms with Crippen LogP contribution in [0.3, 0.4) is 0 Å². The van der Waals surface area contributed by atoms with Crippen LogP contribution in [0.4, 0.5) is 0 Å². The monoisotopic (exact) mass is 322 g/mol. The van der Waals surface area contributed by atoms with Gasteiger partial charge in [-0.15, -0.1) is 0 Å². The summed E-state index contributed by atoms with van der Waals surface area (Å²) in [7, 11) is 2.41. The number of hydrogen-bond acceptors (Lipinski definition) is 4. The molecule has 2 heterocycles. The lowest BCUT2D eigenvalue weighted by molar-refractivity contribution is -0.106. The van der Waals surface area contributed by atoms with Gasteiger partial charge in [0.05, 0.1) is 0 Å². The predicted octanol–water partition coefficient (Wildman–Crippen LogP) is 2.85. The van der Waals surface area contributed by atoms with Gasteiger partial charge in [-0.2, -0.15) is 0 Å². The smallest absolute Gasteiger partial charge is 0.183 e. The standard InChI is InChI=1S/C17H22O4S/c1-20-17(21-2)15-6-4-3-5-14(15)16(18)11-9-12-7-8-13(10-11)22(12)19/h3-6,11-13,17H,7-10H2,1-2H3. The van der Waals surface area contributed by atoms with Crippen LogP contribution in [0.5, 0.6) is 0 Å². The zero-order valence-corrected chi connectivity index (χ0v) is 13.8. The molecule has 2 unspecified atom stereocenters. The van der Waals surface area contributed by atoms with Crippen LogP contribution in [0.25, 0.3) is 0 Å². The van der Waals surface area contributed by atoms with Crippen LogP contribution in [0.15, 0.2) is 24.3 Å². The summed E-state index contributed by atoms with van der Waals surface area (Å²) in [6.45, 7) is 0. The maximum Gasteiger partial charge on any atom is 0.183 e. The van der Waals surface area contributed by atoms with Gasteiger partial charge in [-0.3, -0.25) is 9.00 Å². The Labute approximate surface area is 133 Å². The third-order valence-electron chi connectivity index (χ3n) is 4.84. The second-order valence-electron chi connectivity index (χ2n) is 6.07. The van der Waals surface area contributed by atoms with Crippen molar-refractivity contribution >= 4 is 16.6 Å². The average Bonchev–Trinajstić information content (AvgIpc) is 2.77. The number of ether oxygens (including phenoxy) is 2. The van der Waals surface area contributed by atoms with E-state index in [1.807, 2.05) is 24.3 Å². The van der Waals surface area contributed by atoms with E-state index in [0.717, 1.165) is 31.2 Å². The van der Waals surface area contributed by atoms with Crippen LogP contribution in [-0.4, -0.2) is 34.7 Å². The molecule has 1 aromatic carbocycles. The van der Waals surface area contributed by atoms with Crippen molar-refractivity contribution in [3.8, 4) is 0 Å². The van der Waals surface area contributed by atoms with Crippen molar-refractivity contribution in [2.45, 2.75) is 42.5 Å². The van der Waals surface area contributed by atoms with Crippen LogP contribution >= 0.6 is 0 Å². The summed E-state index contributed by atoms with van der Waals surface area (Å²) < 4.78 is 22.7. The molecule has 0 saturated carbocycles. The predicted molar refractivity (Wildman–Crippen MR) is 85.2 cm³/mol. The Morgan fingerprint density at radius 3 is 2.32 bits per heavy atom. The largest absolute Gasteiger partial charge is 0.352 e. The van der Waals surface area contributed by atoms with Crippen LogP contribution < -0.4 is 0 Å². The highest BCUT2D eigenvalue weighted by Crippen LogP contribution is 2.40. The Kier molecular flexibility index (Phi) is 4.76. The minimum Gasteiger partial charge on any atom is -0.352 e. The molecule has 0 N–H and O–H groups in total. The van der Waals surface area contributed by atoms with E-state index in [0.29, 0.717) is 5.56 Å². The SMILES string of the molecule is COC(OC)c1ccccc1C(=O)C1CC2CCC(C1)S2=O. The summed E-state index contributed by atoms with van der Waals surface area (Å²) in [6, 6.07) is 7.47. The van der Waals surface area contributed by atoms with Gasteiger partial charge in [0, 0.05) is 52.6 Å². The number of benzene rings is 1. The Balaban J connectivity index is 1.85. The summed E-state index contributed by atoms with van der Waals surface area (Å²) >= 11 is 0. The van der Waals surface area contributed by atoms with Gasteiger partial charge in [-0.1, -0.05) is 24.3 Å². The van der Waals surface area contributed by atoms with E-state index in [9.17, 15) is 9.00 Å².